The summed E-state index contributed by atoms with van der Waals surface area (Å²) in [7, 11) is 2.97. The zero-order valence-corrected chi connectivity index (χ0v) is 19.0. The molecule has 1 aromatic heterocycles. The summed E-state index contributed by atoms with van der Waals surface area (Å²) in [6, 6.07) is 3.27. The van der Waals surface area contributed by atoms with E-state index in [2.05, 4.69) is 0 Å². The van der Waals surface area contributed by atoms with Gasteiger partial charge in [0.15, 0.2) is 23.1 Å². The lowest BCUT2D eigenvalue weighted by Crippen LogP contribution is -2.47. The first-order chi connectivity index (χ1) is 15.9. The molecule has 9 heteroatoms. The van der Waals surface area contributed by atoms with Crippen LogP contribution in [0.2, 0.25) is 0 Å². The van der Waals surface area contributed by atoms with E-state index in [1.54, 1.807) is 17.0 Å². The van der Waals surface area contributed by atoms with E-state index in [0.29, 0.717) is 59.9 Å². The van der Waals surface area contributed by atoms with Gasteiger partial charge in [-0.2, -0.15) is 0 Å². The number of fused-ring (bicyclic) bond motifs is 1. The minimum Gasteiger partial charge on any atom is -0.493 e. The molecule has 1 unspecified atom stereocenters. The van der Waals surface area contributed by atoms with Crippen LogP contribution in [0.3, 0.4) is 0 Å². The maximum Gasteiger partial charge on any atom is 0.258 e. The number of methoxy groups -OCH3 is 2. The smallest absolute Gasteiger partial charge is 0.258 e. The van der Waals surface area contributed by atoms with Crippen LogP contribution in [0.25, 0.3) is 0 Å². The van der Waals surface area contributed by atoms with Gasteiger partial charge in [-0.3, -0.25) is 14.4 Å². The molecule has 1 aromatic carbocycles. The van der Waals surface area contributed by atoms with Crippen LogP contribution in [-0.4, -0.2) is 69.0 Å². The SMILES string of the molecule is COc1ccc(C(C)=O)c(OCC2CN(C(=O)c3coc4c3C(=O)CCC4)CCO2)c1OC. The Kier molecular flexibility index (Phi) is 6.69. The van der Waals surface area contributed by atoms with Crippen molar-refractivity contribution in [2.45, 2.75) is 32.3 Å². The van der Waals surface area contributed by atoms with Crippen molar-refractivity contribution in [2.24, 2.45) is 0 Å². The number of morpholine rings is 1. The molecule has 4 rings (SSSR count). The molecule has 1 aliphatic heterocycles. The maximum absolute atomic E-state index is 13.2. The van der Waals surface area contributed by atoms with Crippen molar-refractivity contribution in [3.05, 3.63) is 40.8 Å². The highest BCUT2D eigenvalue weighted by atomic mass is 16.6. The Labute approximate surface area is 191 Å². The van der Waals surface area contributed by atoms with E-state index >= 15 is 0 Å². The van der Waals surface area contributed by atoms with Gasteiger partial charge >= 0.3 is 0 Å². The van der Waals surface area contributed by atoms with Gasteiger partial charge in [0.1, 0.15) is 24.7 Å². The highest BCUT2D eigenvalue weighted by Gasteiger charge is 2.33. The average Bonchev–Trinajstić information content (AvgIpc) is 3.27. The number of carbonyl (C=O) groups excluding carboxylic acids is 3. The monoisotopic (exact) mass is 457 g/mol. The number of benzene rings is 1. The number of amides is 1. The molecular weight excluding hydrogens is 430 g/mol. The van der Waals surface area contributed by atoms with Crippen LogP contribution >= 0.6 is 0 Å². The fraction of sp³-hybridized carbons (Fsp3) is 0.458. The van der Waals surface area contributed by atoms with Crippen molar-refractivity contribution in [3.8, 4) is 17.2 Å². The molecule has 0 radical (unpaired) electrons. The Balaban J connectivity index is 1.49. The van der Waals surface area contributed by atoms with Crippen molar-refractivity contribution in [1.29, 1.82) is 0 Å². The normalized spacial score (nSPS) is 18.0. The minimum absolute atomic E-state index is 0.0524. The lowest BCUT2D eigenvalue weighted by Gasteiger charge is -2.33. The summed E-state index contributed by atoms with van der Waals surface area (Å²) in [6.07, 6.45) is 2.77. The van der Waals surface area contributed by atoms with Crippen molar-refractivity contribution in [2.75, 3.05) is 40.5 Å². The Morgan fingerprint density at radius 2 is 1.94 bits per heavy atom. The number of ketones is 2. The van der Waals surface area contributed by atoms with Gasteiger partial charge in [-0.15, -0.1) is 0 Å². The largest absolute Gasteiger partial charge is 0.493 e. The lowest BCUT2D eigenvalue weighted by molar-refractivity contribution is -0.0405. The number of nitrogens with zero attached hydrogens (tertiary/aromatic N) is 1. The van der Waals surface area contributed by atoms with Crippen LogP contribution < -0.4 is 14.2 Å². The third-order valence-corrected chi connectivity index (χ3v) is 5.90. The summed E-state index contributed by atoms with van der Waals surface area (Å²) in [5, 5.41) is 0. The van der Waals surface area contributed by atoms with Crippen LogP contribution in [-0.2, 0) is 11.2 Å². The topological polar surface area (TPSA) is 105 Å². The first-order valence-corrected chi connectivity index (χ1v) is 10.9. The molecule has 0 saturated carbocycles. The number of ether oxygens (including phenoxy) is 4. The number of furan rings is 1. The number of rotatable bonds is 7. The molecule has 0 spiro atoms. The standard InChI is InChI=1S/C24H27NO8/c1-14(26)16-7-8-20(29-2)23(30-3)22(16)33-12-15-11-25(9-10-31-15)24(28)17-13-32-19-6-4-5-18(27)21(17)19/h7-8,13,15H,4-6,9-12H2,1-3H3. The van der Waals surface area contributed by atoms with Gasteiger partial charge in [0.2, 0.25) is 5.75 Å². The first kappa shape index (κ1) is 22.8. The van der Waals surface area contributed by atoms with E-state index in [9.17, 15) is 14.4 Å². The van der Waals surface area contributed by atoms with Crippen molar-refractivity contribution in [3.63, 3.8) is 0 Å². The summed E-state index contributed by atoms with van der Waals surface area (Å²) in [6.45, 7) is 2.52. The van der Waals surface area contributed by atoms with Gasteiger partial charge in [0.05, 0.1) is 44.1 Å². The molecule has 1 aliphatic carbocycles. The zero-order valence-electron chi connectivity index (χ0n) is 19.0. The maximum atomic E-state index is 13.2. The van der Waals surface area contributed by atoms with Gasteiger partial charge in [0.25, 0.3) is 5.91 Å². The van der Waals surface area contributed by atoms with Gasteiger partial charge < -0.3 is 28.3 Å². The minimum atomic E-state index is -0.433. The number of carbonyl (C=O) groups is 3. The molecule has 1 saturated heterocycles. The average molecular weight is 457 g/mol. The lowest BCUT2D eigenvalue weighted by atomic mass is 9.93. The number of hydrogen-bond donors (Lipinski definition) is 0. The van der Waals surface area contributed by atoms with E-state index in [1.807, 2.05) is 0 Å². The Hall–Kier alpha value is -3.33. The van der Waals surface area contributed by atoms with E-state index in [-0.39, 0.29) is 36.4 Å². The number of Topliss-reactive ketones (excluding diaryl/α,β-unsaturated/α-hetero) is 2. The summed E-state index contributed by atoms with van der Waals surface area (Å²) in [4.78, 5) is 39.3. The first-order valence-electron chi connectivity index (χ1n) is 10.9. The van der Waals surface area contributed by atoms with Crippen molar-refractivity contribution < 1.29 is 37.7 Å². The third kappa shape index (κ3) is 4.45. The van der Waals surface area contributed by atoms with Gasteiger partial charge in [-0.05, 0) is 25.5 Å². The Morgan fingerprint density at radius 3 is 2.67 bits per heavy atom. The summed E-state index contributed by atoms with van der Waals surface area (Å²) in [5.41, 5.74) is 1.09. The molecule has 33 heavy (non-hydrogen) atoms. The molecule has 1 amide bonds. The molecule has 1 fully saturated rings. The van der Waals surface area contributed by atoms with Crippen LogP contribution in [0.1, 0.15) is 56.6 Å². The molecule has 9 nitrogen and oxygen atoms in total. The van der Waals surface area contributed by atoms with Gasteiger partial charge in [0, 0.05) is 19.4 Å². The van der Waals surface area contributed by atoms with E-state index in [0.717, 1.165) is 6.42 Å². The highest BCUT2D eigenvalue weighted by molar-refractivity contribution is 6.09. The second kappa shape index (κ2) is 9.66. The van der Waals surface area contributed by atoms with Crippen LogP contribution in [0.4, 0.5) is 0 Å². The van der Waals surface area contributed by atoms with Crippen molar-refractivity contribution in [1.82, 2.24) is 4.90 Å². The molecule has 2 heterocycles. The summed E-state index contributed by atoms with van der Waals surface area (Å²) >= 11 is 0. The molecule has 176 valence electrons. The predicted octanol–water partition coefficient (Wildman–Crippen LogP) is 2.94. The molecule has 0 N–H and O–H groups in total. The quantitative estimate of drug-likeness (QED) is 0.585. The fourth-order valence-electron chi connectivity index (χ4n) is 4.25. The number of hydrogen-bond acceptors (Lipinski definition) is 8. The van der Waals surface area contributed by atoms with Crippen LogP contribution in [0, 0.1) is 0 Å². The zero-order chi connectivity index (χ0) is 23.5. The van der Waals surface area contributed by atoms with E-state index in [4.69, 9.17) is 23.4 Å². The fourth-order valence-corrected chi connectivity index (χ4v) is 4.25. The van der Waals surface area contributed by atoms with Crippen molar-refractivity contribution >= 4 is 17.5 Å². The molecule has 2 aromatic rings. The summed E-state index contributed by atoms with van der Waals surface area (Å²) < 4.78 is 28.0. The predicted molar refractivity (Wildman–Crippen MR) is 117 cm³/mol. The third-order valence-electron chi connectivity index (χ3n) is 5.90. The molecule has 0 bridgehead atoms. The Morgan fingerprint density at radius 1 is 1.12 bits per heavy atom. The molecule has 1 atom stereocenters. The van der Waals surface area contributed by atoms with E-state index in [1.165, 1.54) is 27.4 Å². The summed E-state index contributed by atoms with van der Waals surface area (Å²) in [5.74, 6) is 1.12. The highest BCUT2D eigenvalue weighted by Crippen LogP contribution is 2.40. The Bertz CT molecular complexity index is 1070. The van der Waals surface area contributed by atoms with Crippen LogP contribution in [0.15, 0.2) is 22.8 Å². The van der Waals surface area contributed by atoms with E-state index < -0.39 is 6.10 Å². The second-order valence-corrected chi connectivity index (χ2v) is 8.01. The molecule has 2 aliphatic rings. The second-order valence-electron chi connectivity index (χ2n) is 8.01. The molecular formula is C24H27NO8. The van der Waals surface area contributed by atoms with Gasteiger partial charge in [-0.25, -0.2) is 0 Å². The number of aryl methyl sites for hydroxylation is 1. The van der Waals surface area contributed by atoms with Crippen LogP contribution in [0.5, 0.6) is 17.2 Å². The van der Waals surface area contributed by atoms with Gasteiger partial charge in [-0.1, -0.05) is 0 Å².